The van der Waals surface area contributed by atoms with E-state index in [1.807, 2.05) is 17.5 Å². The Balaban J connectivity index is 1.91. The second-order valence-electron chi connectivity index (χ2n) is 6.36. The molecule has 1 amide bonds. The number of hydrogen-bond donors (Lipinski definition) is 1. The van der Waals surface area contributed by atoms with Crippen molar-refractivity contribution in [3.63, 3.8) is 0 Å². The Hall–Kier alpha value is -3.30. The minimum absolute atomic E-state index is 0.0493. The van der Waals surface area contributed by atoms with Gasteiger partial charge in [0, 0.05) is 41.6 Å². The smallest absolute Gasteiger partial charge is 0.269 e. The third kappa shape index (κ3) is 3.53. The number of halogens is 1. The Labute approximate surface area is 176 Å². The summed E-state index contributed by atoms with van der Waals surface area (Å²) < 4.78 is 42.3. The maximum absolute atomic E-state index is 14.5. The van der Waals surface area contributed by atoms with Gasteiger partial charge in [-0.15, -0.1) is 11.3 Å². The first-order chi connectivity index (χ1) is 14.4. The van der Waals surface area contributed by atoms with Gasteiger partial charge in [0.25, 0.3) is 15.9 Å². The molecule has 0 saturated carbocycles. The molecule has 6 nitrogen and oxygen atoms in total. The van der Waals surface area contributed by atoms with Gasteiger partial charge in [0.1, 0.15) is 10.7 Å². The number of aromatic nitrogens is 2. The maximum atomic E-state index is 14.5. The maximum Gasteiger partial charge on any atom is 0.269 e. The van der Waals surface area contributed by atoms with Crippen molar-refractivity contribution in [1.82, 2.24) is 14.3 Å². The van der Waals surface area contributed by atoms with Gasteiger partial charge < -0.3 is 5.32 Å². The number of nitrogens with one attached hydrogen (secondary N) is 1. The molecule has 9 heteroatoms. The van der Waals surface area contributed by atoms with E-state index in [0.29, 0.717) is 5.56 Å². The summed E-state index contributed by atoms with van der Waals surface area (Å²) in [7, 11) is -2.72. The lowest BCUT2D eigenvalue weighted by molar-refractivity contribution is 0.0963. The summed E-state index contributed by atoms with van der Waals surface area (Å²) in [6.45, 7) is 0. The average Bonchev–Trinajstić information content (AvgIpc) is 3.44. The second-order valence-corrected chi connectivity index (χ2v) is 9.12. The Kier molecular flexibility index (Phi) is 5.23. The zero-order valence-electron chi connectivity index (χ0n) is 15.7. The molecule has 3 aromatic heterocycles. The van der Waals surface area contributed by atoms with Gasteiger partial charge in [-0.1, -0.05) is 18.2 Å². The summed E-state index contributed by atoms with van der Waals surface area (Å²) in [6, 6.07) is 12.4. The van der Waals surface area contributed by atoms with Crippen LogP contribution in [-0.2, 0) is 10.0 Å². The van der Waals surface area contributed by atoms with Crippen molar-refractivity contribution in [3.8, 4) is 21.7 Å². The molecular formula is C21H16FN3O3S2. The lowest BCUT2D eigenvalue weighted by Gasteiger charge is -2.11. The molecule has 0 fully saturated rings. The van der Waals surface area contributed by atoms with Crippen LogP contribution < -0.4 is 5.32 Å². The minimum atomic E-state index is -4.16. The van der Waals surface area contributed by atoms with Crippen LogP contribution in [0.1, 0.15) is 10.4 Å². The van der Waals surface area contributed by atoms with Crippen molar-refractivity contribution in [1.29, 1.82) is 0 Å². The minimum Gasteiger partial charge on any atom is -0.355 e. The number of amides is 1. The van der Waals surface area contributed by atoms with Crippen molar-refractivity contribution in [2.45, 2.75) is 4.90 Å². The van der Waals surface area contributed by atoms with Crippen LogP contribution in [0.25, 0.3) is 21.7 Å². The van der Waals surface area contributed by atoms with Gasteiger partial charge in [0.05, 0.1) is 11.3 Å². The summed E-state index contributed by atoms with van der Waals surface area (Å²) >= 11 is 1.46. The SMILES string of the molecule is CNC(=O)c1cc(-c2ccccc2F)n(S(=O)(=O)c2cncc(-c3cccs3)c2)c1. The monoisotopic (exact) mass is 441 g/mol. The molecule has 0 aliphatic carbocycles. The first kappa shape index (κ1) is 20.0. The zero-order valence-corrected chi connectivity index (χ0v) is 17.4. The molecule has 0 unspecified atom stereocenters. The standard InChI is InChI=1S/C21H16FN3O3S2/c1-23-21(26)15-10-19(17-5-2-3-6-18(17)22)25(13-15)30(27,28)16-9-14(11-24-12-16)20-7-4-8-29-20/h2-13H,1H3,(H,23,26). The van der Waals surface area contributed by atoms with Crippen molar-refractivity contribution >= 4 is 27.3 Å². The molecule has 152 valence electrons. The molecule has 0 bridgehead atoms. The normalized spacial score (nSPS) is 11.4. The predicted molar refractivity (Wildman–Crippen MR) is 113 cm³/mol. The molecule has 3 heterocycles. The third-order valence-electron chi connectivity index (χ3n) is 4.50. The van der Waals surface area contributed by atoms with Crippen LogP contribution in [0, 0.1) is 5.82 Å². The van der Waals surface area contributed by atoms with E-state index in [1.165, 1.54) is 61.1 Å². The van der Waals surface area contributed by atoms with Crippen LogP contribution in [-0.4, -0.2) is 30.3 Å². The fourth-order valence-corrected chi connectivity index (χ4v) is 5.10. The van der Waals surface area contributed by atoms with E-state index in [1.54, 1.807) is 12.3 Å². The highest BCUT2D eigenvalue weighted by Crippen LogP contribution is 2.31. The highest BCUT2D eigenvalue weighted by Gasteiger charge is 2.25. The van der Waals surface area contributed by atoms with Crippen LogP contribution in [0.3, 0.4) is 0 Å². The molecule has 0 aliphatic heterocycles. The summed E-state index contributed by atoms with van der Waals surface area (Å²) in [4.78, 5) is 17.0. The van der Waals surface area contributed by atoms with Gasteiger partial charge in [-0.2, -0.15) is 0 Å². The number of benzene rings is 1. The molecule has 0 saturated heterocycles. The summed E-state index contributed by atoms with van der Waals surface area (Å²) in [5, 5.41) is 4.34. The van der Waals surface area contributed by atoms with Gasteiger partial charge in [-0.3, -0.25) is 9.78 Å². The number of carbonyl (C=O) groups is 1. The lowest BCUT2D eigenvalue weighted by Crippen LogP contribution is -2.17. The van der Waals surface area contributed by atoms with E-state index in [0.717, 1.165) is 8.85 Å². The number of rotatable bonds is 5. The quantitative estimate of drug-likeness (QED) is 0.507. The molecular weight excluding hydrogens is 425 g/mol. The summed E-state index contributed by atoms with van der Waals surface area (Å²) in [6.07, 6.45) is 4.00. The van der Waals surface area contributed by atoms with E-state index in [-0.39, 0.29) is 21.7 Å². The third-order valence-corrected chi connectivity index (χ3v) is 7.06. The van der Waals surface area contributed by atoms with Crippen LogP contribution >= 0.6 is 11.3 Å². The summed E-state index contributed by atoms with van der Waals surface area (Å²) in [5.74, 6) is -1.08. The van der Waals surface area contributed by atoms with Crippen molar-refractivity contribution in [2.75, 3.05) is 7.05 Å². The molecule has 4 rings (SSSR count). The molecule has 0 atom stereocenters. The van der Waals surface area contributed by atoms with Crippen molar-refractivity contribution in [3.05, 3.63) is 83.9 Å². The van der Waals surface area contributed by atoms with Gasteiger partial charge in [-0.25, -0.2) is 16.8 Å². The van der Waals surface area contributed by atoms with Crippen molar-refractivity contribution in [2.24, 2.45) is 0 Å². The number of carbonyl (C=O) groups excluding carboxylic acids is 1. The van der Waals surface area contributed by atoms with E-state index >= 15 is 0 Å². The number of nitrogens with zero attached hydrogens (tertiary/aromatic N) is 2. The van der Waals surface area contributed by atoms with Crippen LogP contribution in [0.15, 0.2) is 77.4 Å². The Morgan fingerprint density at radius 2 is 1.93 bits per heavy atom. The second kappa shape index (κ2) is 7.85. The fraction of sp³-hybridized carbons (Fsp3) is 0.0476. The van der Waals surface area contributed by atoms with Gasteiger partial charge in [0.2, 0.25) is 0 Å². The van der Waals surface area contributed by atoms with Crippen LogP contribution in [0.5, 0.6) is 0 Å². The van der Waals surface area contributed by atoms with Crippen molar-refractivity contribution < 1.29 is 17.6 Å². The summed E-state index contributed by atoms with van der Waals surface area (Å²) in [5.41, 5.74) is 0.866. The van der Waals surface area contributed by atoms with Gasteiger partial charge >= 0.3 is 0 Å². The zero-order chi connectivity index (χ0) is 21.3. The Bertz CT molecular complexity index is 1330. The highest BCUT2D eigenvalue weighted by molar-refractivity contribution is 7.90. The first-order valence-corrected chi connectivity index (χ1v) is 11.2. The van der Waals surface area contributed by atoms with E-state index in [4.69, 9.17) is 0 Å². The number of thiophene rings is 1. The molecule has 4 aromatic rings. The highest BCUT2D eigenvalue weighted by atomic mass is 32.2. The first-order valence-electron chi connectivity index (χ1n) is 8.85. The Morgan fingerprint density at radius 3 is 2.63 bits per heavy atom. The lowest BCUT2D eigenvalue weighted by atomic mass is 10.1. The van der Waals surface area contributed by atoms with E-state index < -0.39 is 21.7 Å². The molecule has 1 N–H and O–H groups in total. The number of pyridine rings is 1. The number of hydrogen-bond acceptors (Lipinski definition) is 5. The molecule has 1 aromatic carbocycles. The fourth-order valence-electron chi connectivity index (χ4n) is 3.03. The van der Waals surface area contributed by atoms with E-state index in [9.17, 15) is 17.6 Å². The molecule has 0 radical (unpaired) electrons. The topological polar surface area (TPSA) is 81.1 Å². The predicted octanol–water partition coefficient (Wildman–Crippen LogP) is 4.01. The molecule has 30 heavy (non-hydrogen) atoms. The van der Waals surface area contributed by atoms with E-state index in [2.05, 4.69) is 10.3 Å². The largest absolute Gasteiger partial charge is 0.355 e. The van der Waals surface area contributed by atoms with Crippen LogP contribution in [0.2, 0.25) is 0 Å². The Morgan fingerprint density at radius 1 is 1.13 bits per heavy atom. The van der Waals surface area contributed by atoms with Gasteiger partial charge in [0.15, 0.2) is 0 Å². The molecule has 0 spiro atoms. The average molecular weight is 442 g/mol. The van der Waals surface area contributed by atoms with Crippen LogP contribution in [0.4, 0.5) is 4.39 Å². The molecule has 0 aliphatic rings. The van der Waals surface area contributed by atoms with Gasteiger partial charge in [-0.05, 0) is 35.7 Å².